The Kier molecular flexibility index (Phi) is 5.60. The molecule has 23 heavy (non-hydrogen) atoms. The molecule has 0 unspecified atom stereocenters. The maximum atomic E-state index is 12.8. The number of carbonyl (C=O) groups excluding carboxylic acids is 1. The number of benzene rings is 2. The molecule has 2 N–H and O–H groups in total. The number of rotatable bonds is 3. The molecule has 1 amide bonds. The van der Waals surface area contributed by atoms with E-state index in [2.05, 4.69) is 10.6 Å². The molecule has 0 aliphatic carbocycles. The van der Waals surface area contributed by atoms with Crippen molar-refractivity contribution >= 4 is 35.0 Å². The third-order valence-corrected chi connectivity index (χ3v) is 3.37. The lowest BCUT2D eigenvalue weighted by Gasteiger charge is -2.11. The quantitative estimate of drug-likeness (QED) is 0.662. The highest BCUT2D eigenvalue weighted by molar-refractivity contribution is 7.80. The number of thiocarbonyl (C=S) groups is 1. The minimum atomic E-state index is -0.350. The van der Waals surface area contributed by atoms with E-state index in [4.69, 9.17) is 12.2 Å². The predicted octanol–water partition coefficient (Wildman–Crippen LogP) is 3.97. The Morgan fingerprint density at radius 3 is 2.48 bits per heavy atom. The van der Waals surface area contributed by atoms with Crippen LogP contribution in [-0.4, -0.2) is 11.0 Å². The summed E-state index contributed by atoms with van der Waals surface area (Å²) in [4.78, 5) is 11.8. The van der Waals surface area contributed by atoms with E-state index in [0.29, 0.717) is 0 Å². The Balaban J connectivity index is 1.91. The zero-order valence-corrected chi connectivity index (χ0v) is 13.7. The molecule has 0 bridgehead atoms. The van der Waals surface area contributed by atoms with Gasteiger partial charge in [0, 0.05) is 11.8 Å². The summed E-state index contributed by atoms with van der Waals surface area (Å²) in [5.74, 6) is -0.665. The van der Waals surface area contributed by atoms with Crippen LogP contribution in [0.2, 0.25) is 0 Å². The van der Waals surface area contributed by atoms with Crippen LogP contribution in [0.4, 0.5) is 10.1 Å². The van der Waals surface area contributed by atoms with E-state index < -0.39 is 0 Å². The van der Waals surface area contributed by atoms with Crippen LogP contribution in [0.3, 0.4) is 0 Å². The van der Waals surface area contributed by atoms with Crippen molar-refractivity contribution in [3.8, 4) is 0 Å². The fourth-order valence-electron chi connectivity index (χ4n) is 2.01. The van der Waals surface area contributed by atoms with Crippen LogP contribution in [0, 0.1) is 19.7 Å². The fraction of sp³-hybridized carbons (Fsp3) is 0.111. The molecule has 0 saturated carbocycles. The third-order valence-electron chi connectivity index (χ3n) is 3.16. The summed E-state index contributed by atoms with van der Waals surface area (Å²) in [7, 11) is 0. The number of anilines is 1. The maximum Gasteiger partial charge on any atom is 0.250 e. The molecule has 0 aliphatic rings. The number of amides is 1. The van der Waals surface area contributed by atoms with Gasteiger partial charge in [-0.05, 0) is 61.5 Å². The number of hydrogen-bond donors (Lipinski definition) is 2. The van der Waals surface area contributed by atoms with Crippen molar-refractivity contribution in [2.24, 2.45) is 0 Å². The molecule has 2 aromatic carbocycles. The Hall–Kier alpha value is -2.53. The zero-order chi connectivity index (χ0) is 16.8. The number of nitrogens with one attached hydrogen (secondary N) is 2. The van der Waals surface area contributed by atoms with Crippen molar-refractivity contribution < 1.29 is 9.18 Å². The molecule has 0 radical (unpaired) electrons. The molecule has 2 aromatic rings. The number of hydrogen-bond acceptors (Lipinski definition) is 2. The van der Waals surface area contributed by atoms with E-state index >= 15 is 0 Å². The van der Waals surface area contributed by atoms with Gasteiger partial charge in [0.1, 0.15) is 5.82 Å². The van der Waals surface area contributed by atoms with Crippen LogP contribution in [0.5, 0.6) is 0 Å². The van der Waals surface area contributed by atoms with E-state index in [1.165, 1.54) is 18.2 Å². The SMILES string of the molecule is Cc1ccc(NC(=S)NC(=O)/C=C/c2ccc(F)cc2)c(C)c1. The number of halogens is 1. The number of aryl methyl sites for hydroxylation is 2. The first-order valence-electron chi connectivity index (χ1n) is 7.07. The summed E-state index contributed by atoms with van der Waals surface area (Å²) in [6.45, 7) is 3.98. The van der Waals surface area contributed by atoms with Crippen LogP contribution in [0.1, 0.15) is 16.7 Å². The largest absolute Gasteiger partial charge is 0.332 e. The van der Waals surface area contributed by atoms with E-state index in [-0.39, 0.29) is 16.8 Å². The molecule has 2 rings (SSSR count). The molecule has 0 aromatic heterocycles. The molecule has 0 spiro atoms. The van der Waals surface area contributed by atoms with Gasteiger partial charge in [-0.1, -0.05) is 29.8 Å². The monoisotopic (exact) mass is 328 g/mol. The van der Waals surface area contributed by atoms with Gasteiger partial charge < -0.3 is 5.32 Å². The van der Waals surface area contributed by atoms with Crippen molar-refractivity contribution in [3.63, 3.8) is 0 Å². The Morgan fingerprint density at radius 1 is 1.13 bits per heavy atom. The lowest BCUT2D eigenvalue weighted by molar-refractivity contribution is -0.115. The van der Waals surface area contributed by atoms with E-state index in [1.54, 1.807) is 18.2 Å². The Labute approximate surface area is 140 Å². The second kappa shape index (κ2) is 7.65. The van der Waals surface area contributed by atoms with Crippen molar-refractivity contribution in [1.29, 1.82) is 0 Å². The minimum Gasteiger partial charge on any atom is -0.332 e. The molecule has 3 nitrogen and oxygen atoms in total. The highest BCUT2D eigenvalue weighted by Gasteiger charge is 2.04. The summed E-state index contributed by atoms with van der Waals surface area (Å²) in [5.41, 5.74) is 3.78. The number of carbonyl (C=O) groups is 1. The molecular weight excluding hydrogens is 311 g/mol. The van der Waals surface area contributed by atoms with E-state index in [9.17, 15) is 9.18 Å². The van der Waals surface area contributed by atoms with Gasteiger partial charge in [-0.2, -0.15) is 0 Å². The third kappa shape index (κ3) is 5.30. The molecule has 0 heterocycles. The summed E-state index contributed by atoms with van der Waals surface area (Å²) in [6, 6.07) is 11.8. The summed E-state index contributed by atoms with van der Waals surface area (Å²) >= 11 is 5.13. The van der Waals surface area contributed by atoms with Crippen LogP contribution in [0.25, 0.3) is 6.08 Å². The maximum absolute atomic E-state index is 12.8. The Bertz CT molecular complexity index is 754. The van der Waals surface area contributed by atoms with Gasteiger partial charge in [0.05, 0.1) is 0 Å². The lowest BCUT2D eigenvalue weighted by Crippen LogP contribution is -2.33. The van der Waals surface area contributed by atoms with Gasteiger partial charge >= 0.3 is 0 Å². The second-order valence-corrected chi connectivity index (χ2v) is 5.55. The fourth-order valence-corrected chi connectivity index (χ4v) is 2.22. The topological polar surface area (TPSA) is 41.1 Å². The van der Waals surface area contributed by atoms with Gasteiger partial charge in [0.25, 0.3) is 0 Å². The van der Waals surface area contributed by atoms with Gasteiger partial charge in [-0.3, -0.25) is 10.1 Å². The highest BCUT2D eigenvalue weighted by atomic mass is 32.1. The van der Waals surface area contributed by atoms with Crippen LogP contribution < -0.4 is 10.6 Å². The molecule has 5 heteroatoms. The van der Waals surface area contributed by atoms with Gasteiger partial charge in [-0.15, -0.1) is 0 Å². The van der Waals surface area contributed by atoms with E-state index in [1.807, 2.05) is 32.0 Å². The summed E-state index contributed by atoms with van der Waals surface area (Å²) in [6.07, 6.45) is 2.94. The van der Waals surface area contributed by atoms with Crippen molar-refractivity contribution in [3.05, 3.63) is 71.0 Å². The van der Waals surface area contributed by atoms with Crippen LogP contribution in [-0.2, 0) is 4.79 Å². The van der Waals surface area contributed by atoms with E-state index in [0.717, 1.165) is 22.4 Å². The smallest absolute Gasteiger partial charge is 0.250 e. The molecule has 0 atom stereocenters. The first-order chi connectivity index (χ1) is 10.9. The van der Waals surface area contributed by atoms with Crippen molar-refractivity contribution in [2.45, 2.75) is 13.8 Å². The van der Waals surface area contributed by atoms with Gasteiger partial charge in [-0.25, -0.2) is 4.39 Å². The predicted molar refractivity (Wildman–Crippen MR) is 95.7 cm³/mol. The van der Waals surface area contributed by atoms with Crippen LogP contribution >= 0.6 is 12.2 Å². The first-order valence-corrected chi connectivity index (χ1v) is 7.48. The summed E-state index contributed by atoms with van der Waals surface area (Å²) < 4.78 is 12.8. The second-order valence-electron chi connectivity index (χ2n) is 5.15. The highest BCUT2D eigenvalue weighted by Crippen LogP contribution is 2.15. The van der Waals surface area contributed by atoms with Crippen LogP contribution in [0.15, 0.2) is 48.5 Å². The Morgan fingerprint density at radius 2 is 1.83 bits per heavy atom. The molecule has 118 valence electrons. The first kappa shape index (κ1) is 16.8. The summed E-state index contributed by atoms with van der Waals surface area (Å²) in [5, 5.41) is 5.79. The molecule has 0 fully saturated rings. The standard InChI is InChI=1S/C18H17FN2OS/c1-12-3-9-16(13(2)11-12)20-18(23)21-17(22)10-6-14-4-7-15(19)8-5-14/h3-11H,1-2H3,(H2,20,21,22,23)/b10-6+. The molecule has 0 aliphatic heterocycles. The lowest BCUT2D eigenvalue weighted by atomic mass is 10.1. The average molecular weight is 328 g/mol. The van der Waals surface area contributed by atoms with Crippen molar-refractivity contribution in [2.75, 3.05) is 5.32 Å². The minimum absolute atomic E-state index is 0.228. The van der Waals surface area contributed by atoms with Crippen molar-refractivity contribution in [1.82, 2.24) is 5.32 Å². The average Bonchev–Trinajstić information content (AvgIpc) is 2.49. The molecule has 0 saturated heterocycles. The molecular formula is C18H17FN2OS. The van der Waals surface area contributed by atoms with Gasteiger partial charge in [0.2, 0.25) is 5.91 Å². The zero-order valence-electron chi connectivity index (χ0n) is 12.9. The normalized spacial score (nSPS) is 10.6. The van der Waals surface area contributed by atoms with Gasteiger partial charge in [0.15, 0.2) is 5.11 Å².